The second-order valence-electron chi connectivity index (χ2n) is 2.88. The van der Waals surface area contributed by atoms with Crippen LogP contribution in [0.1, 0.15) is 5.56 Å². The predicted octanol–water partition coefficient (Wildman–Crippen LogP) is 1.63. The van der Waals surface area contributed by atoms with E-state index in [0.29, 0.717) is 5.56 Å². The molecule has 0 radical (unpaired) electrons. The van der Waals surface area contributed by atoms with Crippen molar-refractivity contribution in [2.45, 2.75) is 0 Å². The quantitative estimate of drug-likeness (QED) is 0.554. The maximum atomic E-state index is 7.29. The molecule has 0 saturated carbocycles. The molecule has 0 saturated heterocycles. The van der Waals surface area contributed by atoms with E-state index >= 15 is 0 Å². The highest BCUT2D eigenvalue weighted by Gasteiger charge is 2.02. The summed E-state index contributed by atoms with van der Waals surface area (Å²) in [5, 5.41) is 11.1. The van der Waals surface area contributed by atoms with E-state index in [9.17, 15) is 0 Å². The summed E-state index contributed by atoms with van der Waals surface area (Å²) >= 11 is 0. The third-order valence-corrected chi connectivity index (χ3v) is 1.91. The largest absolute Gasteiger partial charge is 0.384 e. The zero-order valence-electron chi connectivity index (χ0n) is 7.40. The number of amidine groups is 1. The number of nitrogens with two attached hydrogens (primary N) is 1. The standard InChI is InChI=1S/C10H9N3O/c11-10(12)8-3-1-2-7(6-8)9-4-5-14-13-9/h1-6H,(H3,11,12). The lowest BCUT2D eigenvalue weighted by molar-refractivity contribution is 0.422. The van der Waals surface area contributed by atoms with Gasteiger partial charge in [0, 0.05) is 17.2 Å². The molecule has 70 valence electrons. The molecule has 2 rings (SSSR count). The predicted molar refractivity (Wildman–Crippen MR) is 53.0 cm³/mol. The third kappa shape index (κ3) is 1.50. The molecule has 0 amide bonds. The minimum atomic E-state index is 0.0512. The van der Waals surface area contributed by atoms with E-state index < -0.39 is 0 Å². The molecule has 0 aliphatic rings. The molecule has 4 heteroatoms. The zero-order valence-corrected chi connectivity index (χ0v) is 7.40. The van der Waals surface area contributed by atoms with Crippen molar-refractivity contribution in [1.82, 2.24) is 5.16 Å². The summed E-state index contributed by atoms with van der Waals surface area (Å²) in [5.41, 5.74) is 7.70. The second kappa shape index (κ2) is 3.33. The van der Waals surface area contributed by atoms with Crippen LogP contribution in [-0.2, 0) is 0 Å². The number of nitrogen functional groups attached to an aromatic ring is 1. The van der Waals surface area contributed by atoms with E-state index in [1.165, 1.54) is 6.26 Å². The fourth-order valence-electron chi connectivity index (χ4n) is 1.21. The van der Waals surface area contributed by atoms with Gasteiger partial charge in [0.1, 0.15) is 17.8 Å². The average molecular weight is 187 g/mol. The molecule has 0 unspecified atom stereocenters. The highest BCUT2D eigenvalue weighted by molar-refractivity contribution is 5.95. The Bertz CT molecular complexity index is 448. The molecule has 1 aromatic heterocycles. The van der Waals surface area contributed by atoms with E-state index in [-0.39, 0.29) is 5.84 Å². The van der Waals surface area contributed by atoms with E-state index in [0.717, 1.165) is 11.3 Å². The molecule has 14 heavy (non-hydrogen) atoms. The lowest BCUT2D eigenvalue weighted by atomic mass is 10.1. The topological polar surface area (TPSA) is 75.9 Å². The highest BCUT2D eigenvalue weighted by Crippen LogP contribution is 2.17. The van der Waals surface area contributed by atoms with Crippen LogP contribution in [0.4, 0.5) is 0 Å². The summed E-state index contributed by atoms with van der Waals surface area (Å²) < 4.78 is 4.73. The van der Waals surface area contributed by atoms with E-state index in [4.69, 9.17) is 15.7 Å². The molecule has 4 nitrogen and oxygen atoms in total. The normalized spacial score (nSPS) is 10.0. The molecular weight excluding hydrogens is 178 g/mol. The van der Waals surface area contributed by atoms with Gasteiger partial charge in [-0.25, -0.2) is 0 Å². The monoisotopic (exact) mass is 187 g/mol. The van der Waals surface area contributed by atoms with Gasteiger partial charge in [0.15, 0.2) is 0 Å². The lowest BCUT2D eigenvalue weighted by Crippen LogP contribution is -2.10. The number of aromatic nitrogens is 1. The van der Waals surface area contributed by atoms with Crippen LogP contribution in [0.3, 0.4) is 0 Å². The molecule has 0 spiro atoms. The van der Waals surface area contributed by atoms with Crippen LogP contribution in [0, 0.1) is 5.41 Å². The van der Waals surface area contributed by atoms with E-state index in [1.54, 1.807) is 18.2 Å². The number of nitrogens with one attached hydrogen (secondary N) is 1. The van der Waals surface area contributed by atoms with Crippen molar-refractivity contribution in [3.63, 3.8) is 0 Å². The summed E-state index contributed by atoms with van der Waals surface area (Å²) in [7, 11) is 0. The van der Waals surface area contributed by atoms with E-state index in [2.05, 4.69) is 5.16 Å². The Morgan fingerprint density at radius 3 is 2.86 bits per heavy atom. The Hall–Kier alpha value is -2.10. The molecule has 0 aliphatic heterocycles. The number of nitrogens with zero attached hydrogens (tertiary/aromatic N) is 1. The summed E-state index contributed by atoms with van der Waals surface area (Å²) in [4.78, 5) is 0. The first-order valence-corrected chi connectivity index (χ1v) is 4.12. The molecule has 0 atom stereocenters. The first kappa shape index (κ1) is 8.50. The average Bonchev–Trinajstić information content (AvgIpc) is 2.71. The first-order valence-electron chi connectivity index (χ1n) is 4.12. The Morgan fingerprint density at radius 2 is 2.21 bits per heavy atom. The Labute approximate surface area is 80.8 Å². The molecular formula is C10H9N3O. The SMILES string of the molecule is N=C(N)c1cccc(-c2ccon2)c1. The fraction of sp³-hybridized carbons (Fsp3) is 0. The molecule has 1 aromatic carbocycles. The van der Waals surface area contributed by atoms with Crippen molar-refractivity contribution < 1.29 is 4.52 Å². The van der Waals surface area contributed by atoms with Crippen molar-refractivity contribution in [2.75, 3.05) is 0 Å². The van der Waals surface area contributed by atoms with Crippen LogP contribution < -0.4 is 5.73 Å². The van der Waals surface area contributed by atoms with Gasteiger partial charge in [0.25, 0.3) is 0 Å². The van der Waals surface area contributed by atoms with Gasteiger partial charge in [0.2, 0.25) is 0 Å². The first-order chi connectivity index (χ1) is 6.77. The summed E-state index contributed by atoms with van der Waals surface area (Å²) in [5.74, 6) is 0.0512. The smallest absolute Gasteiger partial charge is 0.124 e. The van der Waals surface area contributed by atoms with Crippen molar-refractivity contribution >= 4 is 5.84 Å². The maximum absolute atomic E-state index is 7.29. The van der Waals surface area contributed by atoms with Crippen molar-refractivity contribution in [1.29, 1.82) is 5.41 Å². The summed E-state index contributed by atoms with van der Waals surface area (Å²) in [6.45, 7) is 0. The van der Waals surface area contributed by atoms with Crippen LogP contribution in [0.15, 0.2) is 41.1 Å². The Balaban J connectivity index is 2.46. The van der Waals surface area contributed by atoms with Gasteiger partial charge < -0.3 is 10.3 Å². The minimum Gasteiger partial charge on any atom is -0.384 e. The number of hydrogen-bond acceptors (Lipinski definition) is 3. The van der Waals surface area contributed by atoms with Crippen molar-refractivity contribution in [2.24, 2.45) is 5.73 Å². The highest BCUT2D eigenvalue weighted by atomic mass is 16.5. The zero-order chi connectivity index (χ0) is 9.97. The summed E-state index contributed by atoms with van der Waals surface area (Å²) in [6.07, 6.45) is 1.51. The van der Waals surface area contributed by atoms with E-state index in [1.807, 2.05) is 12.1 Å². The molecule has 0 aliphatic carbocycles. The lowest BCUT2D eigenvalue weighted by Gasteiger charge is -1.99. The maximum Gasteiger partial charge on any atom is 0.124 e. The Morgan fingerprint density at radius 1 is 1.36 bits per heavy atom. The van der Waals surface area contributed by atoms with Crippen molar-refractivity contribution in [3.8, 4) is 11.3 Å². The number of hydrogen-bond donors (Lipinski definition) is 2. The van der Waals surface area contributed by atoms with Crippen LogP contribution in [0.5, 0.6) is 0 Å². The molecule has 0 bridgehead atoms. The van der Waals surface area contributed by atoms with Crippen LogP contribution in [-0.4, -0.2) is 11.0 Å². The second-order valence-corrected chi connectivity index (χ2v) is 2.88. The van der Waals surface area contributed by atoms with Crippen LogP contribution in [0.25, 0.3) is 11.3 Å². The van der Waals surface area contributed by atoms with Crippen LogP contribution in [0.2, 0.25) is 0 Å². The third-order valence-electron chi connectivity index (χ3n) is 1.91. The van der Waals surface area contributed by atoms with Gasteiger partial charge in [-0.15, -0.1) is 0 Å². The summed E-state index contributed by atoms with van der Waals surface area (Å²) in [6, 6.07) is 9.08. The van der Waals surface area contributed by atoms with Gasteiger partial charge in [-0.05, 0) is 6.07 Å². The van der Waals surface area contributed by atoms with Crippen molar-refractivity contribution in [3.05, 3.63) is 42.2 Å². The molecule has 1 heterocycles. The van der Waals surface area contributed by atoms with Gasteiger partial charge in [-0.3, -0.25) is 5.41 Å². The van der Waals surface area contributed by atoms with Gasteiger partial charge in [0.05, 0.1) is 0 Å². The minimum absolute atomic E-state index is 0.0512. The Kier molecular flexibility index (Phi) is 2.02. The molecule has 2 aromatic rings. The van der Waals surface area contributed by atoms with Gasteiger partial charge >= 0.3 is 0 Å². The molecule has 3 N–H and O–H groups in total. The van der Waals surface area contributed by atoms with Crippen LogP contribution >= 0.6 is 0 Å². The number of rotatable bonds is 2. The fourth-order valence-corrected chi connectivity index (χ4v) is 1.21. The van der Waals surface area contributed by atoms with Gasteiger partial charge in [-0.2, -0.15) is 0 Å². The number of benzene rings is 1. The van der Waals surface area contributed by atoms with Gasteiger partial charge in [-0.1, -0.05) is 23.4 Å². The molecule has 0 fully saturated rings.